The Balaban J connectivity index is 2.33. The Morgan fingerprint density at radius 3 is 2.08 bits per heavy atom. The first-order valence-corrected chi connectivity index (χ1v) is 10.2. The summed E-state index contributed by atoms with van der Waals surface area (Å²) in [5.41, 5.74) is 11.2. The van der Waals surface area contributed by atoms with E-state index in [1.54, 1.807) is 0 Å². The molecule has 0 aromatic heterocycles. The van der Waals surface area contributed by atoms with E-state index in [4.69, 9.17) is 21.1 Å². The van der Waals surface area contributed by atoms with E-state index in [9.17, 15) is 16.8 Å². The van der Waals surface area contributed by atoms with Gasteiger partial charge in [-0.25, -0.2) is 8.42 Å². The monoisotopic (exact) mass is 400 g/mol. The van der Waals surface area contributed by atoms with Crippen LogP contribution in [0, 0.1) is 0 Å². The first kappa shape index (κ1) is 19.8. The van der Waals surface area contributed by atoms with Gasteiger partial charge in [-0.05, 0) is 36.4 Å². The van der Waals surface area contributed by atoms with Crippen LogP contribution in [-0.2, 0) is 20.0 Å². The predicted molar refractivity (Wildman–Crippen MR) is 94.8 cm³/mol. The summed E-state index contributed by atoms with van der Waals surface area (Å²) in [6.45, 7) is -0.490. The van der Waals surface area contributed by atoms with Gasteiger partial charge in [0.05, 0.1) is 34.3 Å². The number of anilines is 2. The number of aliphatic hydroxyl groups is 1. The Bertz CT molecular complexity index is 1050. The maximum atomic E-state index is 11.8. The van der Waals surface area contributed by atoms with Crippen molar-refractivity contribution in [3.63, 3.8) is 0 Å². The zero-order valence-electron chi connectivity index (χ0n) is 13.3. The maximum absolute atomic E-state index is 11.8. The second-order valence-corrected chi connectivity index (χ2v) is 8.66. The molecule has 0 radical (unpaired) electrons. The van der Waals surface area contributed by atoms with Crippen LogP contribution < -0.4 is 11.5 Å². The third kappa shape index (κ3) is 4.54. The van der Waals surface area contributed by atoms with E-state index in [-0.39, 0.29) is 27.6 Å². The number of nitrogens with zero attached hydrogens (tertiary/aromatic N) is 2. The summed E-state index contributed by atoms with van der Waals surface area (Å²) >= 11 is 0. The molecule has 0 aliphatic heterocycles. The van der Waals surface area contributed by atoms with Crippen LogP contribution in [0.1, 0.15) is 0 Å². The van der Waals surface area contributed by atoms with Gasteiger partial charge in [0.2, 0.25) is 0 Å². The van der Waals surface area contributed by atoms with Crippen molar-refractivity contribution < 1.29 is 26.5 Å². The van der Waals surface area contributed by atoms with Gasteiger partial charge in [-0.3, -0.25) is 4.55 Å². The minimum Gasteiger partial charge on any atom is -0.398 e. The Hall–Kier alpha value is -2.54. The largest absolute Gasteiger partial charge is 0.398 e. The molecule has 0 saturated heterocycles. The van der Waals surface area contributed by atoms with Crippen LogP contribution in [-0.4, -0.2) is 38.9 Å². The molecule has 0 aliphatic carbocycles. The second kappa shape index (κ2) is 7.37. The van der Waals surface area contributed by atoms with Crippen molar-refractivity contribution in [1.82, 2.24) is 0 Å². The number of nitrogen functional groups attached to an aromatic ring is 2. The molecule has 0 fully saturated rings. The van der Waals surface area contributed by atoms with E-state index in [0.717, 1.165) is 12.1 Å². The lowest BCUT2D eigenvalue weighted by molar-refractivity contribution is 0.319. The van der Waals surface area contributed by atoms with Gasteiger partial charge in [-0.1, -0.05) is 0 Å². The fourth-order valence-corrected chi connectivity index (χ4v) is 3.63. The average molecular weight is 400 g/mol. The quantitative estimate of drug-likeness (QED) is 0.317. The number of sulfone groups is 1. The molecule has 0 saturated carbocycles. The van der Waals surface area contributed by atoms with Crippen molar-refractivity contribution >= 4 is 42.7 Å². The van der Waals surface area contributed by atoms with Crippen LogP contribution in [0.5, 0.6) is 0 Å². The number of aliphatic hydroxyl groups excluding tert-OH is 1. The van der Waals surface area contributed by atoms with E-state index < -0.39 is 37.2 Å². The first-order valence-electron chi connectivity index (χ1n) is 7.06. The minimum absolute atomic E-state index is 0.0196. The summed E-state index contributed by atoms with van der Waals surface area (Å²) in [6.07, 6.45) is 0. The number of hydrogen-bond donors (Lipinski definition) is 4. The highest BCUT2D eigenvalue weighted by atomic mass is 32.2. The number of nitrogens with two attached hydrogens (primary N) is 2. The van der Waals surface area contributed by atoms with E-state index in [0.29, 0.717) is 0 Å². The second-order valence-electron chi connectivity index (χ2n) is 5.16. The number of azo groups is 1. The standard InChI is InChI=1S/C14H16N4O6S2/c15-11-7-12(16)14(26(22,23)24)8-13(11)18-17-9-1-3-10(4-2-9)25(20,21)6-5-19/h1-4,7-8,19H,5-6,15-16H2,(H,22,23,24)/b18-17+. The van der Waals surface area contributed by atoms with Gasteiger partial charge >= 0.3 is 0 Å². The zero-order valence-corrected chi connectivity index (χ0v) is 14.9. The Labute approximate surface area is 149 Å². The van der Waals surface area contributed by atoms with Gasteiger partial charge < -0.3 is 16.6 Å². The van der Waals surface area contributed by atoms with Gasteiger partial charge in [0.25, 0.3) is 10.1 Å². The molecule has 2 aromatic rings. The summed E-state index contributed by atoms with van der Waals surface area (Å²) in [5, 5.41) is 16.4. The molecular weight excluding hydrogens is 384 g/mol. The highest BCUT2D eigenvalue weighted by Gasteiger charge is 2.17. The smallest absolute Gasteiger partial charge is 0.296 e. The number of rotatable bonds is 6. The van der Waals surface area contributed by atoms with Crippen LogP contribution in [0.3, 0.4) is 0 Å². The summed E-state index contributed by atoms with van der Waals surface area (Å²) in [7, 11) is -8.13. The average Bonchev–Trinajstić information content (AvgIpc) is 2.53. The van der Waals surface area contributed by atoms with E-state index in [2.05, 4.69) is 10.2 Å². The molecule has 10 nitrogen and oxygen atoms in total. The molecule has 140 valence electrons. The van der Waals surface area contributed by atoms with Crippen LogP contribution >= 0.6 is 0 Å². The van der Waals surface area contributed by atoms with Crippen LogP contribution in [0.25, 0.3) is 0 Å². The van der Waals surface area contributed by atoms with Crippen LogP contribution in [0.15, 0.2) is 56.4 Å². The molecule has 0 aliphatic rings. The van der Waals surface area contributed by atoms with Crippen molar-refractivity contribution in [1.29, 1.82) is 0 Å². The normalized spacial score (nSPS) is 12.5. The van der Waals surface area contributed by atoms with E-state index >= 15 is 0 Å². The predicted octanol–water partition coefficient (Wildman–Crippen LogP) is 1.28. The fourth-order valence-electron chi connectivity index (χ4n) is 1.98. The van der Waals surface area contributed by atoms with Crippen molar-refractivity contribution in [2.45, 2.75) is 9.79 Å². The topological polar surface area (TPSA) is 185 Å². The summed E-state index contributed by atoms with van der Waals surface area (Å²) < 4.78 is 55.3. The van der Waals surface area contributed by atoms with Crippen molar-refractivity contribution in [2.75, 3.05) is 23.8 Å². The molecule has 2 aromatic carbocycles. The maximum Gasteiger partial charge on any atom is 0.296 e. The zero-order chi connectivity index (χ0) is 19.5. The SMILES string of the molecule is Nc1cc(N)c(S(=O)(=O)O)cc1/N=N/c1ccc(S(=O)(=O)CCO)cc1. The lowest BCUT2D eigenvalue weighted by Crippen LogP contribution is -2.09. The van der Waals surface area contributed by atoms with Crippen LogP contribution in [0.4, 0.5) is 22.7 Å². The molecule has 0 unspecified atom stereocenters. The lowest BCUT2D eigenvalue weighted by atomic mass is 10.2. The van der Waals surface area contributed by atoms with E-state index in [1.165, 1.54) is 24.3 Å². The number of hydrogen-bond acceptors (Lipinski definition) is 9. The van der Waals surface area contributed by atoms with Crippen molar-refractivity contribution in [2.24, 2.45) is 10.2 Å². The van der Waals surface area contributed by atoms with Crippen LogP contribution in [0.2, 0.25) is 0 Å². The van der Waals surface area contributed by atoms with Gasteiger partial charge in [-0.2, -0.15) is 13.5 Å². The minimum atomic E-state index is -4.55. The Morgan fingerprint density at radius 1 is 0.923 bits per heavy atom. The third-order valence-electron chi connectivity index (χ3n) is 3.27. The molecule has 26 heavy (non-hydrogen) atoms. The molecule has 0 bridgehead atoms. The third-order valence-corrected chi connectivity index (χ3v) is 5.89. The van der Waals surface area contributed by atoms with E-state index in [1.807, 2.05) is 0 Å². The molecule has 0 atom stereocenters. The molecule has 0 heterocycles. The fraction of sp³-hybridized carbons (Fsp3) is 0.143. The Kier molecular flexibility index (Phi) is 5.61. The van der Waals surface area contributed by atoms with Gasteiger partial charge in [0.15, 0.2) is 9.84 Å². The van der Waals surface area contributed by atoms with Gasteiger partial charge in [-0.15, -0.1) is 5.11 Å². The lowest BCUT2D eigenvalue weighted by Gasteiger charge is -2.06. The molecule has 0 amide bonds. The molecule has 6 N–H and O–H groups in total. The van der Waals surface area contributed by atoms with Gasteiger partial charge in [0.1, 0.15) is 10.6 Å². The highest BCUT2D eigenvalue weighted by molar-refractivity contribution is 7.91. The molecule has 0 spiro atoms. The number of benzene rings is 2. The molecular formula is C14H16N4O6S2. The van der Waals surface area contributed by atoms with Crippen molar-refractivity contribution in [3.05, 3.63) is 36.4 Å². The summed E-state index contributed by atoms with van der Waals surface area (Å²) in [4.78, 5) is -0.530. The Morgan fingerprint density at radius 2 is 1.54 bits per heavy atom. The summed E-state index contributed by atoms with van der Waals surface area (Å²) in [6, 6.07) is 7.46. The summed E-state index contributed by atoms with van der Waals surface area (Å²) in [5.74, 6) is -0.395. The molecule has 2 rings (SSSR count). The van der Waals surface area contributed by atoms with Gasteiger partial charge in [0, 0.05) is 0 Å². The highest BCUT2D eigenvalue weighted by Crippen LogP contribution is 2.32. The molecule has 12 heteroatoms. The van der Waals surface area contributed by atoms with Crippen molar-refractivity contribution in [3.8, 4) is 0 Å². The first-order chi connectivity index (χ1) is 12.0.